The molecule has 11 heavy (non-hydrogen) atoms. The van der Waals surface area contributed by atoms with Crippen LogP contribution in [0.5, 0.6) is 0 Å². The highest BCUT2D eigenvalue weighted by Crippen LogP contribution is 1.95. The molecule has 62 valence electrons. The third kappa shape index (κ3) is 4.25. The number of ether oxygens (including phenoxy) is 1. The molecule has 0 rings (SSSR count). The quantitative estimate of drug-likeness (QED) is 0.478. The summed E-state index contributed by atoms with van der Waals surface area (Å²) >= 11 is 0. The van der Waals surface area contributed by atoms with Gasteiger partial charge in [-0.25, -0.2) is 0 Å². The third-order valence-corrected chi connectivity index (χ3v) is 1.10. The Hall–Kier alpha value is -1.19. The summed E-state index contributed by atoms with van der Waals surface area (Å²) in [4.78, 5) is 21.2. The van der Waals surface area contributed by atoms with E-state index < -0.39 is 12.1 Å². The van der Waals surface area contributed by atoms with Crippen LogP contribution in [-0.2, 0) is 14.3 Å². The Kier molecular flexibility index (Phi) is 4.10. The molecule has 0 spiro atoms. The molecule has 0 aliphatic rings. The molecule has 0 bridgehead atoms. The SMILES string of the molecule is CC(=O)OC(C)C(=O)CC=N. The van der Waals surface area contributed by atoms with E-state index >= 15 is 0 Å². The predicted molar refractivity (Wildman–Crippen MR) is 39.6 cm³/mol. The molecular weight excluding hydrogens is 146 g/mol. The van der Waals surface area contributed by atoms with Gasteiger partial charge in [-0.3, -0.25) is 9.59 Å². The van der Waals surface area contributed by atoms with E-state index in [1.807, 2.05) is 0 Å². The second-order valence-corrected chi connectivity index (χ2v) is 2.13. The lowest BCUT2D eigenvalue weighted by atomic mass is 10.2. The standard InChI is InChI=1S/C7H11NO3/c1-5(11-6(2)9)7(10)3-4-8/h4-5,8H,3H2,1-2H3. The summed E-state index contributed by atoms with van der Waals surface area (Å²) in [7, 11) is 0. The Morgan fingerprint density at radius 1 is 1.64 bits per heavy atom. The molecule has 0 saturated carbocycles. The van der Waals surface area contributed by atoms with E-state index in [4.69, 9.17) is 5.41 Å². The van der Waals surface area contributed by atoms with Crippen molar-refractivity contribution in [1.82, 2.24) is 0 Å². The van der Waals surface area contributed by atoms with Gasteiger partial charge in [0.25, 0.3) is 0 Å². The minimum absolute atomic E-state index is 0.0223. The van der Waals surface area contributed by atoms with Gasteiger partial charge >= 0.3 is 5.97 Å². The van der Waals surface area contributed by atoms with Crippen molar-refractivity contribution in [3.05, 3.63) is 0 Å². The highest BCUT2D eigenvalue weighted by molar-refractivity contribution is 5.94. The van der Waals surface area contributed by atoms with Gasteiger partial charge in [-0.05, 0) is 6.92 Å². The van der Waals surface area contributed by atoms with Crippen molar-refractivity contribution in [1.29, 1.82) is 5.41 Å². The molecule has 0 amide bonds. The number of ketones is 1. The summed E-state index contributed by atoms with van der Waals surface area (Å²) in [5.41, 5.74) is 0. The molecule has 0 aromatic heterocycles. The first-order valence-electron chi connectivity index (χ1n) is 3.26. The fraction of sp³-hybridized carbons (Fsp3) is 0.571. The van der Waals surface area contributed by atoms with Crippen molar-refractivity contribution >= 4 is 18.0 Å². The summed E-state index contributed by atoms with van der Waals surface area (Å²) < 4.78 is 4.57. The molecular formula is C7H11NO3. The molecule has 0 aromatic rings. The summed E-state index contributed by atoms with van der Waals surface area (Å²) in [6.45, 7) is 2.74. The molecule has 0 fully saturated rings. The highest BCUT2D eigenvalue weighted by atomic mass is 16.5. The van der Waals surface area contributed by atoms with Crippen LogP contribution < -0.4 is 0 Å². The van der Waals surface area contributed by atoms with E-state index in [9.17, 15) is 9.59 Å². The number of Topliss-reactive ketones (excluding diaryl/α,β-unsaturated/α-hetero) is 1. The Balaban J connectivity index is 3.81. The lowest BCUT2D eigenvalue weighted by Crippen LogP contribution is -2.22. The normalized spacial score (nSPS) is 11.8. The number of esters is 1. The molecule has 1 atom stereocenters. The second kappa shape index (κ2) is 4.60. The van der Waals surface area contributed by atoms with Crippen molar-refractivity contribution in [2.45, 2.75) is 26.4 Å². The zero-order valence-electron chi connectivity index (χ0n) is 6.59. The fourth-order valence-electron chi connectivity index (χ4n) is 0.581. The van der Waals surface area contributed by atoms with Crippen LogP contribution in [-0.4, -0.2) is 24.1 Å². The van der Waals surface area contributed by atoms with Crippen molar-refractivity contribution in [2.24, 2.45) is 0 Å². The van der Waals surface area contributed by atoms with Crippen LogP contribution in [0, 0.1) is 5.41 Å². The predicted octanol–water partition coefficient (Wildman–Crippen LogP) is 0.547. The van der Waals surface area contributed by atoms with Crippen LogP contribution in [0.3, 0.4) is 0 Å². The van der Waals surface area contributed by atoms with Gasteiger partial charge in [0.15, 0.2) is 11.9 Å². The molecule has 0 aromatic carbocycles. The highest BCUT2D eigenvalue weighted by Gasteiger charge is 2.13. The Morgan fingerprint density at radius 3 is 2.55 bits per heavy atom. The van der Waals surface area contributed by atoms with Gasteiger partial charge in [0.2, 0.25) is 0 Å². The average molecular weight is 157 g/mol. The van der Waals surface area contributed by atoms with E-state index in [0.29, 0.717) is 0 Å². The molecule has 0 radical (unpaired) electrons. The smallest absolute Gasteiger partial charge is 0.303 e. The van der Waals surface area contributed by atoms with Gasteiger partial charge in [0.1, 0.15) is 0 Å². The van der Waals surface area contributed by atoms with E-state index in [0.717, 1.165) is 6.21 Å². The zero-order chi connectivity index (χ0) is 8.85. The van der Waals surface area contributed by atoms with Crippen LogP contribution in [0.25, 0.3) is 0 Å². The number of nitrogens with one attached hydrogen (secondary N) is 1. The molecule has 4 heteroatoms. The Bertz CT molecular complexity index is 177. The first-order valence-corrected chi connectivity index (χ1v) is 3.26. The number of rotatable bonds is 4. The van der Waals surface area contributed by atoms with Gasteiger partial charge in [0.05, 0.1) is 0 Å². The molecule has 0 aliphatic heterocycles. The minimum Gasteiger partial charge on any atom is -0.455 e. The molecule has 4 nitrogen and oxygen atoms in total. The maximum Gasteiger partial charge on any atom is 0.303 e. The third-order valence-electron chi connectivity index (χ3n) is 1.10. The monoisotopic (exact) mass is 157 g/mol. The molecule has 1 unspecified atom stereocenters. The van der Waals surface area contributed by atoms with Crippen LogP contribution >= 0.6 is 0 Å². The lowest BCUT2D eigenvalue weighted by molar-refractivity contribution is -0.151. The molecule has 0 heterocycles. The van der Waals surface area contributed by atoms with Crippen LogP contribution in [0.2, 0.25) is 0 Å². The second-order valence-electron chi connectivity index (χ2n) is 2.13. The largest absolute Gasteiger partial charge is 0.455 e. The van der Waals surface area contributed by atoms with Gasteiger partial charge in [-0.15, -0.1) is 0 Å². The number of hydrogen-bond donors (Lipinski definition) is 1. The van der Waals surface area contributed by atoms with Gasteiger partial charge in [-0.1, -0.05) is 0 Å². The Labute approximate surface area is 65.1 Å². The number of carbonyl (C=O) groups is 2. The number of hydrogen-bond acceptors (Lipinski definition) is 4. The minimum atomic E-state index is -0.728. The Morgan fingerprint density at radius 2 is 2.18 bits per heavy atom. The maximum absolute atomic E-state index is 10.9. The van der Waals surface area contributed by atoms with Crippen molar-refractivity contribution < 1.29 is 14.3 Å². The topological polar surface area (TPSA) is 67.2 Å². The van der Waals surface area contributed by atoms with E-state index in [1.165, 1.54) is 13.8 Å². The van der Waals surface area contributed by atoms with Crippen molar-refractivity contribution in [3.63, 3.8) is 0 Å². The molecule has 0 saturated heterocycles. The molecule has 0 aliphatic carbocycles. The lowest BCUT2D eigenvalue weighted by Gasteiger charge is -2.07. The van der Waals surface area contributed by atoms with Crippen molar-refractivity contribution in [3.8, 4) is 0 Å². The van der Waals surface area contributed by atoms with Crippen LogP contribution in [0.4, 0.5) is 0 Å². The van der Waals surface area contributed by atoms with E-state index in [2.05, 4.69) is 4.74 Å². The number of carbonyl (C=O) groups excluding carboxylic acids is 2. The zero-order valence-corrected chi connectivity index (χ0v) is 6.59. The van der Waals surface area contributed by atoms with Gasteiger partial charge < -0.3 is 10.1 Å². The van der Waals surface area contributed by atoms with Crippen LogP contribution in [0.1, 0.15) is 20.3 Å². The van der Waals surface area contributed by atoms with Crippen LogP contribution in [0.15, 0.2) is 0 Å². The first kappa shape index (κ1) is 9.81. The first-order chi connectivity index (χ1) is 5.07. The summed E-state index contributed by atoms with van der Waals surface area (Å²) in [6.07, 6.45) is 0.283. The maximum atomic E-state index is 10.9. The molecule has 1 N–H and O–H groups in total. The fourth-order valence-corrected chi connectivity index (χ4v) is 0.581. The van der Waals surface area contributed by atoms with Crippen molar-refractivity contribution in [2.75, 3.05) is 0 Å². The average Bonchev–Trinajstić information content (AvgIpc) is 1.86. The van der Waals surface area contributed by atoms with E-state index in [-0.39, 0.29) is 12.2 Å². The van der Waals surface area contributed by atoms with Gasteiger partial charge in [0, 0.05) is 19.6 Å². The summed E-state index contributed by atoms with van der Waals surface area (Å²) in [5.74, 6) is -0.731. The van der Waals surface area contributed by atoms with Gasteiger partial charge in [-0.2, -0.15) is 0 Å². The summed E-state index contributed by atoms with van der Waals surface area (Å²) in [5, 5.41) is 6.62. The van der Waals surface area contributed by atoms with E-state index in [1.54, 1.807) is 0 Å². The summed E-state index contributed by atoms with van der Waals surface area (Å²) in [6, 6.07) is 0.